The summed E-state index contributed by atoms with van der Waals surface area (Å²) in [7, 11) is 0. The molecule has 0 saturated carbocycles. The average Bonchev–Trinajstić information content (AvgIpc) is 2.86. The molecule has 1 fully saturated rings. The molecule has 1 saturated heterocycles. The quantitative estimate of drug-likeness (QED) is 0.321. The van der Waals surface area contributed by atoms with Crippen molar-refractivity contribution in [2.24, 2.45) is 0 Å². The number of ether oxygens (including phenoxy) is 2. The predicted octanol–water partition coefficient (Wildman–Crippen LogP) is 2.90. The molecule has 1 atom stereocenters. The minimum Gasteiger partial charge on any atom is -0.500 e. The Morgan fingerprint density at radius 2 is 2.00 bits per heavy atom. The maximum absolute atomic E-state index is 12.6. The SMILES string of the molecule is CCO/C=C1\SC(=S)N([C@H](Cc2ccccc2)C(=O)OCC)C1=O. The molecule has 1 aromatic rings. The first-order valence-electron chi connectivity index (χ1n) is 7.66. The number of hydrogen-bond acceptors (Lipinski definition) is 6. The third kappa shape index (κ3) is 4.36. The Hall–Kier alpha value is -1.86. The van der Waals surface area contributed by atoms with Crippen LogP contribution in [0.15, 0.2) is 41.5 Å². The summed E-state index contributed by atoms with van der Waals surface area (Å²) in [6.45, 7) is 4.26. The van der Waals surface area contributed by atoms with Crippen molar-refractivity contribution in [1.82, 2.24) is 4.90 Å². The highest BCUT2D eigenvalue weighted by Crippen LogP contribution is 2.33. The molecular formula is C17H19NO4S2. The standard InChI is InChI=1S/C17H19NO4S2/c1-3-21-11-14-15(19)18(17(23)24-14)13(16(20)22-4-2)10-12-8-6-5-7-9-12/h5-9,11,13H,3-4,10H2,1-2H3/b14-11-/t13-/m1/s1. The van der Waals surface area contributed by atoms with Crippen molar-refractivity contribution in [3.63, 3.8) is 0 Å². The van der Waals surface area contributed by atoms with Crippen LogP contribution >= 0.6 is 24.0 Å². The summed E-state index contributed by atoms with van der Waals surface area (Å²) in [6.07, 6.45) is 1.73. The number of thiocarbonyl (C=S) groups is 1. The highest BCUT2D eigenvalue weighted by atomic mass is 32.2. The van der Waals surface area contributed by atoms with Gasteiger partial charge in [-0.3, -0.25) is 9.69 Å². The Labute approximate surface area is 151 Å². The van der Waals surface area contributed by atoms with Crippen molar-refractivity contribution in [3.8, 4) is 0 Å². The normalized spacial score (nSPS) is 17.2. The average molecular weight is 365 g/mol. The van der Waals surface area contributed by atoms with Crippen LogP contribution in [0.5, 0.6) is 0 Å². The highest BCUT2D eigenvalue weighted by molar-refractivity contribution is 8.26. The van der Waals surface area contributed by atoms with Crippen LogP contribution in [0.4, 0.5) is 0 Å². The van der Waals surface area contributed by atoms with E-state index < -0.39 is 12.0 Å². The lowest BCUT2D eigenvalue weighted by Crippen LogP contribution is -2.46. The number of amides is 1. The van der Waals surface area contributed by atoms with Crippen molar-refractivity contribution in [2.45, 2.75) is 26.3 Å². The maximum Gasteiger partial charge on any atom is 0.329 e. The number of rotatable bonds is 7. The van der Waals surface area contributed by atoms with Crippen molar-refractivity contribution >= 4 is 40.2 Å². The van der Waals surface area contributed by atoms with Gasteiger partial charge < -0.3 is 9.47 Å². The number of carbonyl (C=O) groups excluding carboxylic acids is 2. The van der Waals surface area contributed by atoms with Gasteiger partial charge in [0.2, 0.25) is 0 Å². The van der Waals surface area contributed by atoms with E-state index >= 15 is 0 Å². The van der Waals surface area contributed by atoms with Gasteiger partial charge in [0, 0.05) is 6.42 Å². The van der Waals surface area contributed by atoms with Crippen molar-refractivity contribution in [2.75, 3.05) is 13.2 Å². The molecule has 0 spiro atoms. The van der Waals surface area contributed by atoms with Crippen LogP contribution in [0.1, 0.15) is 19.4 Å². The number of thioether (sulfide) groups is 1. The van der Waals surface area contributed by atoms with Gasteiger partial charge >= 0.3 is 5.97 Å². The first-order chi connectivity index (χ1) is 11.6. The molecule has 0 aliphatic carbocycles. The van der Waals surface area contributed by atoms with Gasteiger partial charge in [0.05, 0.1) is 13.2 Å². The van der Waals surface area contributed by atoms with Gasteiger partial charge in [0.1, 0.15) is 21.5 Å². The number of nitrogens with zero attached hydrogens (tertiary/aromatic N) is 1. The summed E-state index contributed by atoms with van der Waals surface area (Å²) in [5.74, 6) is -0.789. The van der Waals surface area contributed by atoms with Crippen LogP contribution in [-0.2, 0) is 25.5 Å². The Balaban J connectivity index is 2.27. The van der Waals surface area contributed by atoms with E-state index in [0.29, 0.717) is 22.3 Å². The maximum atomic E-state index is 12.6. The number of benzene rings is 1. The minimum atomic E-state index is -0.785. The zero-order valence-electron chi connectivity index (χ0n) is 13.6. The molecule has 0 unspecified atom stereocenters. The molecule has 1 aliphatic rings. The van der Waals surface area contributed by atoms with E-state index in [-0.39, 0.29) is 12.5 Å². The fraction of sp³-hybridized carbons (Fsp3) is 0.353. The second-order valence-corrected chi connectivity index (χ2v) is 6.61. The van der Waals surface area contributed by atoms with Gasteiger partial charge in [-0.1, -0.05) is 54.3 Å². The van der Waals surface area contributed by atoms with Crippen LogP contribution in [0, 0.1) is 0 Å². The van der Waals surface area contributed by atoms with Crippen LogP contribution in [0.2, 0.25) is 0 Å². The predicted molar refractivity (Wildman–Crippen MR) is 97.3 cm³/mol. The molecule has 0 N–H and O–H groups in total. The molecule has 5 nitrogen and oxygen atoms in total. The molecule has 2 rings (SSSR count). The first kappa shape index (κ1) is 18.5. The molecule has 1 aromatic carbocycles. The number of esters is 1. The van der Waals surface area contributed by atoms with Gasteiger partial charge in [-0.15, -0.1) is 0 Å². The zero-order valence-corrected chi connectivity index (χ0v) is 15.2. The molecule has 1 amide bonds. The topological polar surface area (TPSA) is 55.8 Å². The zero-order chi connectivity index (χ0) is 17.5. The summed E-state index contributed by atoms with van der Waals surface area (Å²) in [5, 5.41) is 0. The number of hydrogen-bond donors (Lipinski definition) is 0. The lowest BCUT2D eigenvalue weighted by Gasteiger charge is -2.25. The molecular weight excluding hydrogens is 346 g/mol. The van der Waals surface area contributed by atoms with Crippen LogP contribution in [0.3, 0.4) is 0 Å². The molecule has 1 aliphatic heterocycles. The Morgan fingerprint density at radius 3 is 2.62 bits per heavy atom. The van der Waals surface area contributed by atoms with E-state index in [4.69, 9.17) is 21.7 Å². The van der Waals surface area contributed by atoms with E-state index in [1.165, 1.54) is 11.2 Å². The molecule has 128 valence electrons. The fourth-order valence-corrected chi connectivity index (χ4v) is 3.52. The van der Waals surface area contributed by atoms with E-state index in [1.807, 2.05) is 37.3 Å². The smallest absolute Gasteiger partial charge is 0.329 e. The highest BCUT2D eigenvalue weighted by Gasteiger charge is 2.41. The lowest BCUT2D eigenvalue weighted by molar-refractivity contribution is -0.150. The summed E-state index contributed by atoms with van der Waals surface area (Å²) >= 11 is 6.44. The third-order valence-electron chi connectivity index (χ3n) is 3.32. The Kier molecular flexibility index (Phi) is 6.81. The Bertz CT molecular complexity index is 645. The van der Waals surface area contributed by atoms with Gasteiger partial charge in [-0.05, 0) is 19.4 Å². The van der Waals surface area contributed by atoms with Gasteiger partial charge in [0.25, 0.3) is 5.91 Å². The summed E-state index contributed by atoms with van der Waals surface area (Å²) < 4.78 is 10.7. The second-order valence-electron chi connectivity index (χ2n) is 4.94. The molecule has 0 bridgehead atoms. The van der Waals surface area contributed by atoms with Gasteiger partial charge in [0.15, 0.2) is 0 Å². The molecule has 0 aromatic heterocycles. The lowest BCUT2D eigenvalue weighted by atomic mass is 10.0. The molecule has 24 heavy (non-hydrogen) atoms. The van der Waals surface area contributed by atoms with Gasteiger partial charge in [-0.25, -0.2) is 4.79 Å². The first-order valence-corrected chi connectivity index (χ1v) is 8.88. The second kappa shape index (κ2) is 8.84. The minimum absolute atomic E-state index is 0.244. The van der Waals surface area contributed by atoms with E-state index in [1.54, 1.807) is 6.92 Å². The molecule has 7 heteroatoms. The van der Waals surface area contributed by atoms with Crippen molar-refractivity contribution in [1.29, 1.82) is 0 Å². The number of carbonyl (C=O) groups is 2. The van der Waals surface area contributed by atoms with Gasteiger partial charge in [-0.2, -0.15) is 0 Å². The van der Waals surface area contributed by atoms with E-state index in [2.05, 4.69) is 0 Å². The van der Waals surface area contributed by atoms with E-state index in [0.717, 1.165) is 17.3 Å². The summed E-state index contributed by atoms with van der Waals surface area (Å²) in [4.78, 5) is 26.7. The molecule has 1 heterocycles. The summed E-state index contributed by atoms with van der Waals surface area (Å²) in [6, 6.07) is 8.69. The largest absolute Gasteiger partial charge is 0.500 e. The van der Waals surface area contributed by atoms with Crippen molar-refractivity contribution in [3.05, 3.63) is 47.1 Å². The molecule has 0 radical (unpaired) electrons. The monoisotopic (exact) mass is 365 g/mol. The van der Waals surface area contributed by atoms with Crippen LogP contribution in [-0.4, -0.2) is 40.4 Å². The van der Waals surface area contributed by atoms with Crippen molar-refractivity contribution < 1.29 is 19.1 Å². The third-order valence-corrected chi connectivity index (χ3v) is 4.63. The fourth-order valence-electron chi connectivity index (χ4n) is 2.25. The summed E-state index contributed by atoms with van der Waals surface area (Å²) in [5.41, 5.74) is 0.929. The van der Waals surface area contributed by atoms with Crippen LogP contribution in [0.25, 0.3) is 0 Å². The van der Waals surface area contributed by atoms with Crippen LogP contribution < -0.4 is 0 Å². The Morgan fingerprint density at radius 1 is 1.29 bits per heavy atom. The van der Waals surface area contributed by atoms with E-state index in [9.17, 15) is 9.59 Å².